The highest BCUT2D eigenvalue weighted by Gasteiger charge is 2.49. The van der Waals surface area contributed by atoms with Gasteiger partial charge in [0.05, 0.1) is 23.2 Å². The van der Waals surface area contributed by atoms with Crippen molar-refractivity contribution >= 4 is 17.4 Å². The number of hydrogen-bond donors (Lipinski definition) is 0. The van der Waals surface area contributed by atoms with E-state index in [9.17, 15) is 31.1 Å². The number of ether oxygens (including phenoxy) is 1. The highest BCUT2D eigenvalue weighted by molar-refractivity contribution is 7.08. The average Bonchev–Trinajstić information content (AvgIpc) is 3.46. The van der Waals surface area contributed by atoms with E-state index in [0.717, 1.165) is 29.8 Å². The molecule has 3 heterocycles. The maximum Gasteiger partial charge on any atom is 0.416 e. The number of aryl methyl sites for hydroxylation is 1. The summed E-state index contributed by atoms with van der Waals surface area (Å²) in [7, 11) is 0. The Morgan fingerprint density at radius 2 is 1.69 bits per heavy atom. The van der Waals surface area contributed by atoms with Crippen LogP contribution < -0.4 is 0 Å². The van der Waals surface area contributed by atoms with Crippen LogP contribution in [-0.2, 0) is 17.1 Å². The van der Waals surface area contributed by atoms with Crippen molar-refractivity contribution in [1.82, 2.24) is 4.90 Å². The molecule has 0 spiro atoms. The van der Waals surface area contributed by atoms with Gasteiger partial charge in [-0.2, -0.15) is 37.7 Å². The number of nitrogens with zero attached hydrogens (tertiary/aromatic N) is 1. The molecule has 2 aliphatic heterocycles. The molecule has 1 aromatic heterocycles. The minimum atomic E-state index is -4.57. The van der Waals surface area contributed by atoms with Crippen molar-refractivity contribution in [2.45, 2.75) is 56.7 Å². The first-order valence-corrected chi connectivity index (χ1v) is 12.3. The number of rotatable bonds is 3. The molecule has 190 valence electrons. The van der Waals surface area contributed by atoms with Gasteiger partial charge in [0.2, 0.25) is 0 Å². The highest BCUT2D eigenvalue weighted by Crippen LogP contribution is 2.49. The maximum absolute atomic E-state index is 13.6. The maximum atomic E-state index is 13.6. The molecule has 0 saturated carbocycles. The van der Waals surface area contributed by atoms with E-state index in [1.165, 1.54) is 29.2 Å². The predicted molar refractivity (Wildman–Crippen MR) is 122 cm³/mol. The number of thiophene rings is 1. The lowest BCUT2D eigenvalue weighted by Gasteiger charge is -2.38. The van der Waals surface area contributed by atoms with E-state index in [1.807, 2.05) is 10.8 Å². The van der Waals surface area contributed by atoms with Crippen molar-refractivity contribution in [1.29, 1.82) is 0 Å². The smallest absolute Gasteiger partial charge is 0.416 e. The lowest BCUT2D eigenvalue weighted by molar-refractivity contribution is -0.138. The first kappa shape index (κ1) is 24.7. The molecule has 0 aliphatic carbocycles. The molecule has 2 saturated heterocycles. The summed E-state index contributed by atoms with van der Waals surface area (Å²) in [6.07, 6.45) is -9.36. The molecule has 3 nitrogen and oxygen atoms in total. The fraction of sp³-hybridized carbons (Fsp3) is 0.346. The minimum Gasteiger partial charge on any atom is -0.439 e. The van der Waals surface area contributed by atoms with Gasteiger partial charge in [0.25, 0.3) is 0 Å². The molecule has 5 rings (SSSR count). The molecule has 3 aromatic rings. The van der Waals surface area contributed by atoms with Crippen LogP contribution in [0.5, 0.6) is 0 Å². The van der Waals surface area contributed by atoms with Crippen LogP contribution in [0.2, 0.25) is 0 Å². The lowest BCUT2D eigenvalue weighted by atomic mass is 9.84. The summed E-state index contributed by atoms with van der Waals surface area (Å²) in [5, 5.41) is 3.64. The fourth-order valence-corrected chi connectivity index (χ4v) is 5.92. The fourth-order valence-electron chi connectivity index (χ4n) is 5.27. The molecular weight excluding hydrogens is 504 g/mol. The van der Waals surface area contributed by atoms with E-state index in [1.54, 1.807) is 12.1 Å². The Bertz CT molecular complexity index is 1280. The monoisotopic (exact) mass is 525 g/mol. The molecule has 36 heavy (non-hydrogen) atoms. The van der Waals surface area contributed by atoms with E-state index >= 15 is 0 Å². The van der Waals surface area contributed by atoms with E-state index in [2.05, 4.69) is 0 Å². The van der Waals surface area contributed by atoms with Crippen LogP contribution in [0.25, 0.3) is 11.1 Å². The Labute approximate surface area is 207 Å². The van der Waals surface area contributed by atoms with Crippen LogP contribution >= 0.6 is 11.3 Å². The summed E-state index contributed by atoms with van der Waals surface area (Å²) in [5.41, 5.74) is 0.619. The first-order valence-electron chi connectivity index (χ1n) is 11.3. The van der Waals surface area contributed by atoms with Gasteiger partial charge in [-0.15, -0.1) is 0 Å². The van der Waals surface area contributed by atoms with Crippen molar-refractivity contribution in [2.24, 2.45) is 0 Å². The van der Waals surface area contributed by atoms with Gasteiger partial charge >= 0.3 is 18.4 Å². The number of halogens is 6. The Balaban J connectivity index is 1.57. The number of piperidine rings is 1. The normalized spacial score (nSPS) is 22.5. The molecule has 3 atom stereocenters. The third kappa shape index (κ3) is 4.47. The molecule has 0 bridgehead atoms. The molecule has 10 heteroatoms. The number of cyclic esters (lactones) is 1. The minimum absolute atomic E-state index is 0.228. The van der Waals surface area contributed by atoms with E-state index in [-0.39, 0.29) is 5.56 Å². The third-order valence-corrected chi connectivity index (χ3v) is 7.47. The zero-order valence-electron chi connectivity index (χ0n) is 19.0. The van der Waals surface area contributed by atoms with Gasteiger partial charge in [-0.1, -0.05) is 17.7 Å². The Hall–Kier alpha value is -3.01. The third-order valence-electron chi connectivity index (χ3n) is 6.78. The SMILES string of the molecule is Cc1cc([C@H]2OC(=O)N3[C@H](c4cc(C(F)(F)F)ccc4-c4ccsc4)CCC[C@@H]23)cc(C(F)(F)F)c1. The molecule has 0 radical (unpaired) electrons. The number of carbonyl (C=O) groups is 1. The lowest BCUT2D eigenvalue weighted by Crippen LogP contribution is -2.41. The topological polar surface area (TPSA) is 29.5 Å². The number of amides is 1. The number of hydrogen-bond acceptors (Lipinski definition) is 3. The van der Waals surface area contributed by atoms with E-state index in [4.69, 9.17) is 4.74 Å². The predicted octanol–water partition coefficient (Wildman–Crippen LogP) is 8.55. The zero-order chi connectivity index (χ0) is 25.8. The zero-order valence-corrected chi connectivity index (χ0v) is 19.8. The van der Waals surface area contributed by atoms with Crippen LogP contribution in [0.3, 0.4) is 0 Å². The van der Waals surface area contributed by atoms with Crippen LogP contribution in [-0.4, -0.2) is 17.0 Å². The Morgan fingerprint density at radius 3 is 2.36 bits per heavy atom. The van der Waals surface area contributed by atoms with Gasteiger partial charge < -0.3 is 4.74 Å². The molecular formula is C26H21F6NO2S. The summed E-state index contributed by atoms with van der Waals surface area (Å²) >= 11 is 1.40. The van der Waals surface area contributed by atoms with Gasteiger partial charge in [0.15, 0.2) is 0 Å². The van der Waals surface area contributed by atoms with Crippen LogP contribution in [0.1, 0.15) is 59.2 Å². The van der Waals surface area contributed by atoms with Crippen LogP contribution in [0, 0.1) is 6.92 Å². The Morgan fingerprint density at radius 1 is 0.944 bits per heavy atom. The summed E-state index contributed by atoms with van der Waals surface area (Å²) < 4.78 is 86.7. The highest BCUT2D eigenvalue weighted by atomic mass is 32.1. The number of alkyl halides is 6. The van der Waals surface area contributed by atoms with Crippen LogP contribution in [0.15, 0.2) is 53.2 Å². The second-order valence-corrected chi connectivity index (χ2v) is 9.95. The molecule has 0 N–H and O–H groups in total. The van der Waals surface area contributed by atoms with Gasteiger partial charge in [0, 0.05) is 0 Å². The quantitative estimate of drug-likeness (QED) is 0.321. The summed E-state index contributed by atoms with van der Waals surface area (Å²) in [4.78, 5) is 14.5. The molecule has 0 unspecified atom stereocenters. The summed E-state index contributed by atoms with van der Waals surface area (Å²) in [6.45, 7) is 1.53. The molecule has 1 amide bonds. The number of fused-ring (bicyclic) bond motifs is 1. The molecule has 2 fully saturated rings. The molecule has 2 aromatic carbocycles. The molecule has 2 aliphatic rings. The van der Waals surface area contributed by atoms with E-state index < -0.39 is 47.8 Å². The van der Waals surface area contributed by atoms with Gasteiger partial charge in [0.1, 0.15) is 6.10 Å². The van der Waals surface area contributed by atoms with Crippen LogP contribution in [0.4, 0.5) is 31.1 Å². The van der Waals surface area contributed by atoms with Gasteiger partial charge in [-0.25, -0.2) is 4.79 Å². The van der Waals surface area contributed by atoms with Crippen molar-refractivity contribution in [3.63, 3.8) is 0 Å². The number of carbonyl (C=O) groups excluding carboxylic acids is 1. The average molecular weight is 526 g/mol. The number of benzene rings is 2. The standard InChI is InChI=1S/C26H21F6NO2S/c1-14-9-16(11-18(10-14)26(30,31)32)23-22-4-2-3-21(33(22)24(34)35-23)20-12-17(25(27,28)29)5-6-19(20)15-7-8-36-13-15/h5-13,21-23H,2-4H2,1H3/t21-,22-,23+/m0/s1. The van der Waals surface area contributed by atoms with E-state index in [0.29, 0.717) is 36.0 Å². The van der Waals surface area contributed by atoms with Crippen molar-refractivity contribution in [2.75, 3.05) is 0 Å². The largest absolute Gasteiger partial charge is 0.439 e. The van der Waals surface area contributed by atoms with Crippen molar-refractivity contribution < 1.29 is 35.9 Å². The Kier molecular flexibility index (Phi) is 6.05. The summed E-state index contributed by atoms with van der Waals surface area (Å²) in [5.74, 6) is 0. The second kappa shape index (κ2) is 8.83. The first-order chi connectivity index (χ1) is 16.9. The van der Waals surface area contributed by atoms with Crippen molar-refractivity contribution in [3.05, 3.63) is 81.0 Å². The van der Waals surface area contributed by atoms with Crippen molar-refractivity contribution in [3.8, 4) is 11.1 Å². The second-order valence-electron chi connectivity index (χ2n) is 9.17. The van der Waals surface area contributed by atoms with Gasteiger partial charge in [-0.05, 0) is 89.5 Å². The summed E-state index contributed by atoms with van der Waals surface area (Å²) in [6, 6.07) is 7.58. The van der Waals surface area contributed by atoms with Gasteiger partial charge in [-0.3, -0.25) is 4.90 Å².